The molecule has 4 rings (SSSR count). The summed E-state index contributed by atoms with van der Waals surface area (Å²) in [5, 5.41) is 17.8. The molecular formula is C17H16Cl2N6O. The number of urea groups is 1. The van der Waals surface area contributed by atoms with Gasteiger partial charge in [0.15, 0.2) is 5.82 Å². The number of aromatic amines is 1. The first-order valence-electron chi connectivity index (χ1n) is 8.14. The van der Waals surface area contributed by atoms with E-state index in [1.807, 2.05) is 13.0 Å². The molecule has 1 saturated carbocycles. The van der Waals surface area contributed by atoms with Crippen molar-refractivity contribution < 1.29 is 4.79 Å². The third-order valence-corrected chi connectivity index (χ3v) is 4.92. The first-order valence-corrected chi connectivity index (χ1v) is 8.90. The minimum absolute atomic E-state index is 0.368. The molecule has 9 heteroatoms. The molecule has 2 amide bonds. The Bertz CT molecular complexity index is 976. The molecule has 3 aromatic rings. The van der Waals surface area contributed by atoms with Crippen LogP contribution in [0.3, 0.4) is 0 Å². The number of hydrogen-bond acceptors (Lipinski definition) is 3. The van der Waals surface area contributed by atoms with Gasteiger partial charge in [0, 0.05) is 17.7 Å². The van der Waals surface area contributed by atoms with Crippen molar-refractivity contribution in [3.63, 3.8) is 0 Å². The number of benzene rings is 1. The van der Waals surface area contributed by atoms with Crippen LogP contribution in [0.25, 0.3) is 5.69 Å². The van der Waals surface area contributed by atoms with E-state index in [0.29, 0.717) is 27.5 Å². The van der Waals surface area contributed by atoms with Crippen molar-refractivity contribution in [2.24, 2.45) is 0 Å². The van der Waals surface area contributed by atoms with Crippen LogP contribution in [0.2, 0.25) is 10.0 Å². The fourth-order valence-electron chi connectivity index (χ4n) is 2.76. The summed E-state index contributed by atoms with van der Waals surface area (Å²) >= 11 is 12.0. The topological polar surface area (TPSA) is 87.6 Å². The largest absolute Gasteiger partial charge is 0.324 e. The van der Waals surface area contributed by atoms with Crippen molar-refractivity contribution in [3.05, 3.63) is 51.9 Å². The number of carbonyl (C=O) groups excluding carboxylic acids is 1. The Balaban J connectivity index is 1.49. The van der Waals surface area contributed by atoms with E-state index in [2.05, 4.69) is 25.9 Å². The van der Waals surface area contributed by atoms with E-state index in [1.54, 1.807) is 29.1 Å². The molecule has 0 radical (unpaired) electrons. The van der Waals surface area contributed by atoms with E-state index >= 15 is 0 Å². The third kappa shape index (κ3) is 3.40. The standard InChI is InChI=1S/C17H16Cl2N6O/c1-9-6-15(24-25(9)11-4-5-12(18)13(19)7-11)22-17(26)21-14-8-20-23-16(14)10-2-3-10/h4-8,10H,2-3H2,1H3,(H,20,23)(H2,21,22,24,26). The van der Waals surface area contributed by atoms with Gasteiger partial charge in [0.2, 0.25) is 0 Å². The number of carbonyl (C=O) groups is 1. The van der Waals surface area contributed by atoms with Crippen molar-refractivity contribution >= 4 is 40.7 Å². The fourth-order valence-corrected chi connectivity index (χ4v) is 3.05. The van der Waals surface area contributed by atoms with Gasteiger partial charge in [-0.2, -0.15) is 5.10 Å². The highest BCUT2D eigenvalue weighted by molar-refractivity contribution is 6.42. The lowest BCUT2D eigenvalue weighted by Crippen LogP contribution is -2.20. The molecular weight excluding hydrogens is 375 g/mol. The number of amides is 2. The molecule has 0 saturated heterocycles. The zero-order valence-corrected chi connectivity index (χ0v) is 15.4. The minimum atomic E-state index is -0.368. The summed E-state index contributed by atoms with van der Waals surface area (Å²) in [5.41, 5.74) is 3.28. The number of halogens is 2. The van der Waals surface area contributed by atoms with Crippen molar-refractivity contribution in [2.75, 3.05) is 10.6 Å². The second kappa shape index (κ2) is 6.66. The molecule has 1 aromatic carbocycles. The Morgan fingerprint density at radius 1 is 1.23 bits per heavy atom. The lowest BCUT2D eigenvalue weighted by Gasteiger charge is -2.06. The summed E-state index contributed by atoms with van der Waals surface area (Å²) in [6, 6.07) is 6.65. The van der Waals surface area contributed by atoms with Gasteiger partial charge in [-0.25, -0.2) is 9.48 Å². The molecule has 1 aliphatic carbocycles. The number of nitrogens with zero attached hydrogens (tertiary/aromatic N) is 3. The van der Waals surface area contributed by atoms with Crippen LogP contribution >= 0.6 is 23.2 Å². The van der Waals surface area contributed by atoms with Gasteiger partial charge in [-0.05, 0) is 38.0 Å². The summed E-state index contributed by atoms with van der Waals surface area (Å²) in [6.07, 6.45) is 3.85. The van der Waals surface area contributed by atoms with Gasteiger partial charge in [-0.3, -0.25) is 10.4 Å². The van der Waals surface area contributed by atoms with Crippen molar-refractivity contribution in [1.29, 1.82) is 0 Å². The fraction of sp³-hybridized carbons (Fsp3) is 0.235. The van der Waals surface area contributed by atoms with Gasteiger partial charge >= 0.3 is 6.03 Å². The smallest absolute Gasteiger partial charge is 0.305 e. The van der Waals surface area contributed by atoms with E-state index in [9.17, 15) is 4.79 Å². The van der Waals surface area contributed by atoms with Gasteiger partial charge < -0.3 is 5.32 Å². The highest BCUT2D eigenvalue weighted by Crippen LogP contribution is 2.42. The van der Waals surface area contributed by atoms with Crippen LogP contribution < -0.4 is 10.6 Å². The zero-order valence-electron chi connectivity index (χ0n) is 13.9. The second-order valence-corrected chi connectivity index (χ2v) is 7.05. The molecule has 0 spiro atoms. The van der Waals surface area contributed by atoms with Crippen molar-refractivity contribution in [1.82, 2.24) is 20.0 Å². The Labute approximate surface area is 159 Å². The Hall–Kier alpha value is -2.51. The first kappa shape index (κ1) is 16.9. The highest BCUT2D eigenvalue weighted by Gasteiger charge is 2.28. The molecule has 0 atom stereocenters. The number of rotatable bonds is 4. The molecule has 3 N–H and O–H groups in total. The summed E-state index contributed by atoms with van der Waals surface area (Å²) in [5.74, 6) is 0.895. The van der Waals surface area contributed by atoms with Gasteiger partial charge in [-0.1, -0.05) is 23.2 Å². The summed E-state index contributed by atoms with van der Waals surface area (Å²) in [4.78, 5) is 12.3. The minimum Gasteiger partial charge on any atom is -0.305 e. The predicted octanol–water partition coefficient (Wildman–Crippen LogP) is 4.73. The van der Waals surface area contributed by atoms with Gasteiger partial charge in [0.1, 0.15) is 0 Å². The molecule has 2 heterocycles. The van der Waals surface area contributed by atoms with Crippen LogP contribution in [0.5, 0.6) is 0 Å². The van der Waals surface area contributed by atoms with Crippen LogP contribution in [0.4, 0.5) is 16.3 Å². The molecule has 1 aliphatic rings. The van der Waals surface area contributed by atoms with E-state index < -0.39 is 0 Å². The molecule has 0 bridgehead atoms. The SMILES string of the molecule is Cc1cc(NC(=O)Nc2cn[nH]c2C2CC2)nn1-c1ccc(Cl)c(Cl)c1. The van der Waals surface area contributed by atoms with Gasteiger partial charge in [-0.15, -0.1) is 5.10 Å². The third-order valence-electron chi connectivity index (χ3n) is 4.18. The Morgan fingerprint density at radius 3 is 2.77 bits per heavy atom. The lowest BCUT2D eigenvalue weighted by atomic mass is 10.2. The average molecular weight is 391 g/mol. The van der Waals surface area contributed by atoms with E-state index in [4.69, 9.17) is 23.2 Å². The Morgan fingerprint density at radius 2 is 2.04 bits per heavy atom. The van der Waals surface area contributed by atoms with Crippen LogP contribution in [0, 0.1) is 6.92 Å². The number of aryl methyl sites for hydroxylation is 1. The molecule has 0 unspecified atom stereocenters. The maximum atomic E-state index is 12.3. The summed E-state index contributed by atoms with van der Waals surface area (Å²) in [7, 11) is 0. The van der Waals surface area contributed by atoms with Gasteiger partial charge in [0.05, 0.1) is 33.3 Å². The molecule has 1 fully saturated rings. The second-order valence-electron chi connectivity index (χ2n) is 6.23. The van der Waals surface area contributed by atoms with Crippen molar-refractivity contribution in [2.45, 2.75) is 25.7 Å². The number of aromatic nitrogens is 4. The van der Waals surface area contributed by atoms with E-state index in [-0.39, 0.29) is 6.03 Å². The normalized spacial score (nSPS) is 13.7. The van der Waals surface area contributed by atoms with Crippen LogP contribution in [0.1, 0.15) is 30.1 Å². The maximum Gasteiger partial charge on any atom is 0.324 e. The lowest BCUT2D eigenvalue weighted by molar-refractivity contribution is 0.262. The van der Waals surface area contributed by atoms with Crippen LogP contribution in [-0.4, -0.2) is 26.0 Å². The van der Waals surface area contributed by atoms with Crippen LogP contribution in [0.15, 0.2) is 30.5 Å². The number of H-pyrrole nitrogens is 1. The molecule has 26 heavy (non-hydrogen) atoms. The molecule has 7 nitrogen and oxygen atoms in total. The molecule has 0 aliphatic heterocycles. The molecule has 2 aromatic heterocycles. The van der Waals surface area contributed by atoms with Crippen LogP contribution in [-0.2, 0) is 0 Å². The molecule has 134 valence electrons. The monoisotopic (exact) mass is 390 g/mol. The predicted molar refractivity (Wildman–Crippen MR) is 102 cm³/mol. The highest BCUT2D eigenvalue weighted by atomic mass is 35.5. The maximum absolute atomic E-state index is 12.3. The Kier molecular flexibility index (Phi) is 4.34. The van der Waals surface area contributed by atoms with E-state index in [0.717, 1.165) is 29.9 Å². The van der Waals surface area contributed by atoms with Gasteiger partial charge in [0.25, 0.3) is 0 Å². The summed E-state index contributed by atoms with van der Waals surface area (Å²) in [6.45, 7) is 1.89. The first-order chi connectivity index (χ1) is 12.5. The van der Waals surface area contributed by atoms with Crippen molar-refractivity contribution in [3.8, 4) is 5.69 Å². The number of anilines is 2. The number of nitrogens with one attached hydrogen (secondary N) is 3. The number of hydrogen-bond donors (Lipinski definition) is 3. The zero-order chi connectivity index (χ0) is 18.3. The van der Waals surface area contributed by atoms with E-state index in [1.165, 1.54) is 0 Å². The average Bonchev–Trinajstić information content (AvgIpc) is 3.23. The quantitative estimate of drug-likeness (QED) is 0.601. The summed E-state index contributed by atoms with van der Waals surface area (Å²) < 4.78 is 1.69.